The van der Waals surface area contributed by atoms with Crippen molar-refractivity contribution >= 4 is 34.6 Å². The molecule has 2 aliphatic heterocycles. The third kappa shape index (κ3) is 3.74. The molecule has 0 fully saturated rings. The molecule has 1 N–H and O–H groups in total. The molecule has 0 bridgehead atoms. The second-order valence-electron chi connectivity index (χ2n) is 9.43. The maximum Gasteiger partial charge on any atom is 0.179 e. The van der Waals surface area contributed by atoms with E-state index in [1.807, 2.05) is 90.5 Å². The molecule has 0 unspecified atom stereocenters. The van der Waals surface area contributed by atoms with E-state index in [1.54, 1.807) is 20.5 Å². The zero-order valence-corrected chi connectivity index (χ0v) is 22.2. The number of aryl methyl sites for hydroxylation is 1. The van der Waals surface area contributed by atoms with Gasteiger partial charge in [-0.25, -0.2) is 14.7 Å². The van der Waals surface area contributed by atoms with Crippen molar-refractivity contribution in [3.63, 3.8) is 0 Å². The molecule has 1 atom stereocenters. The van der Waals surface area contributed by atoms with Gasteiger partial charge in [-0.2, -0.15) is 5.10 Å². The number of aliphatic imine (C=N–C) groups is 2. The summed E-state index contributed by atoms with van der Waals surface area (Å²) in [6.07, 6.45) is 1.70. The second kappa shape index (κ2) is 9.46. The summed E-state index contributed by atoms with van der Waals surface area (Å²) in [5.74, 6) is 4.04. The Kier molecular flexibility index (Phi) is 5.62. The van der Waals surface area contributed by atoms with Crippen LogP contribution in [0.2, 0.25) is 0 Å². The van der Waals surface area contributed by atoms with Gasteiger partial charge in [0.2, 0.25) is 0 Å². The summed E-state index contributed by atoms with van der Waals surface area (Å²) in [6.45, 7) is 2.01. The van der Waals surface area contributed by atoms with Crippen LogP contribution in [0, 0.1) is 6.92 Å². The molecule has 9 heteroatoms. The van der Waals surface area contributed by atoms with Crippen molar-refractivity contribution in [1.29, 1.82) is 0 Å². The van der Waals surface area contributed by atoms with Crippen LogP contribution in [0.5, 0.6) is 11.5 Å². The van der Waals surface area contributed by atoms with Crippen molar-refractivity contribution in [3.05, 3.63) is 108 Å². The van der Waals surface area contributed by atoms with Gasteiger partial charge < -0.3 is 24.1 Å². The maximum absolute atomic E-state index is 6.05. The highest BCUT2D eigenvalue weighted by Gasteiger charge is 2.42. The average Bonchev–Trinajstić information content (AvgIpc) is 3.65. The first-order valence-corrected chi connectivity index (χ1v) is 12.9. The number of fused-ring (bicyclic) bond motifs is 4. The fourth-order valence-electron chi connectivity index (χ4n) is 5.29. The third-order valence-electron chi connectivity index (χ3n) is 7.11. The van der Waals surface area contributed by atoms with Gasteiger partial charge in [0.1, 0.15) is 23.3 Å². The van der Waals surface area contributed by atoms with Crippen LogP contribution in [-0.4, -0.2) is 35.7 Å². The summed E-state index contributed by atoms with van der Waals surface area (Å²) < 4.78 is 19.0. The SMILES string of the molecule is COc1ccc(NC2=Nc3ccccc3N3C2=Nc2c(c(C)nn2-c2ccccc2)[C@H]3c2ccco2)c(OC)c1. The molecule has 0 spiro atoms. The van der Waals surface area contributed by atoms with Gasteiger partial charge >= 0.3 is 0 Å². The Balaban J connectivity index is 1.47. The van der Waals surface area contributed by atoms with Gasteiger partial charge in [0.15, 0.2) is 17.5 Å². The lowest BCUT2D eigenvalue weighted by Crippen LogP contribution is -2.46. The number of rotatable bonds is 5. The predicted molar refractivity (Wildman–Crippen MR) is 155 cm³/mol. The summed E-state index contributed by atoms with van der Waals surface area (Å²) in [5, 5.41) is 8.43. The number of amidine groups is 2. The highest BCUT2D eigenvalue weighted by Crippen LogP contribution is 2.48. The molecule has 9 nitrogen and oxygen atoms in total. The van der Waals surface area contributed by atoms with Crippen LogP contribution in [0.4, 0.5) is 22.9 Å². The Morgan fingerprint density at radius 3 is 2.48 bits per heavy atom. The number of hydrogen-bond donors (Lipinski definition) is 1. The minimum atomic E-state index is -0.318. The molecular formula is C31H26N6O3. The maximum atomic E-state index is 6.05. The van der Waals surface area contributed by atoms with E-state index in [0.29, 0.717) is 23.2 Å². The first-order valence-electron chi connectivity index (χ1n) is 12.9. The van der Waals surface area contributed by atoms with Gasteiger partial charge in [0.05, 0.1) is 54.5 Å². The van der Waals surface area contributed by atoms with Crippen molar-refractivity contribution in [2.75, 3.05) is 24.4 Å². The Labute approximate surface area is 231 Å². The Hall–Kier alpha value is -5.31. The second-order valence-corrected chi connectivity index (χ2v) is 9.43. The summed E-state index contributed by atoms with van der Waals surface area (Å²) in [4.78, 5) is 12.4. The molecule has 0 aliphatic carbocycles. The lowest BCUT2D eigenvalue weighted by Gasteiger charge is -2.39. The molecule has 2 aliphatic rings. The number of anilines is 2. The number of hydrogen-bond acceptors (Lipinski definition) is 8. The van der Waals surface area contributed by atoms with Crippen molar-refractivity contribution in [3.8, 4) is 17.2 Å². The Bertz CT molecular complexity index is 1770. The molecule has 0 saturated heterocycles. The normalized spacial score (nSPS) is 15.4. The van der Waals surface area contributed by atoms with Crippen LogP contribution in [-0.2, 0) is 0 Å². The highest BCUT2D eigenvalue weighted by molar-refractivity contribution is 6.51. The van der Waals surface area contributed by atoms with E-state index >= 15 is 0 Å². The number of nitrogens with zero attached hydrogens (tertiary/aromatic N) is 5. The Morgan fingerprint density at radius 2 is 1.70 bits per heavy atom. The first-order chi connectivity index (χ1) is 19.7. The molecule has 0 saturated carbocycles. The summed E-state index contributed by atoms with van der Waals surface area (Å²) in [7, 11) is 3.26. The minimum absolute atomic E-state index is 0.318. The van der Waals surface area contributed by atoms with E-state index in [4.69, 9.17) is 29.0 Å². The standard InChI is InChI=1S/C31H26N6O3/c1-19-27-28(25-14-9-17-40-25)36-24-13-8-7-12-22(24)32-29(33-23-16-15-21(38-2)18-26(23)39-3)31(36)34-30(27)37(35-19)20-10-5-4-6-11-20/h4-18,28H,1-3H3,(H,32,33)/t28-/m1/s1. The first kappa shape index (κ1) is 23.8. The molecule has 7 rings (SSSR count). The summed E-state index contributed by atoms with van der Waals surface area (Å²) in [6, 6.07) is 27.2. The monoisotopic (exact) mass is 530 g/mol. The van der Waals surface area contributed by atoms with Gasteiger partial charge in [-0.15, -0.1) is 0 Å². The molecule has 2 aromatic heterocycles. The number of para-hydroxylation sites is 3. The van der Waals surface area contributed by atoms with Crippen LogP contribution < -0.4 is 19.7 Å². The smallest absolute Gasteiger partial charge is 0.179 e. The molecule has 0 radical (unpaired) electrons. The number of methoxy groups -OCH3 is 2. The van der Waals surface area contributed by atoms with E-state index in [1.165, 1.54) is 0 Å². The van der Waals surface area contributed by atoms with Crippen molar-refractivity contribution in [2.24, 2.45) is 9.98 Å². The minimum Gasteiger partial charge on any atom is -0.497 e. The van der Waals surface area contributed by atoms with E-state index < -0.39 is 0 Å². The van der Waals surface area contributed by atoms with Crippen molar-refractivity contribution in [2.45, 2.75) is 13.0 Å². The van der Waals surface area contributed by atoms with Crippen LogP contribution in [0.25, 0.3) is 5.69 Å². The van der Waals surface area contributed by atoms with Gasteiger partial charge in [0.25, 0.3) is 0 Å². The van der Waals surface area contributed by atoms with Gasteiger partial charge in [-0.3, -0.25) is 0 Å². The fraction of sp³-hybridized carbons (Fsp3) is 0.129. The molecule has 5 aromatic rings. The van der Waals surface area contributed by atoms with E-state index in [2.05, 4.69) is 16.3 Å². The third-order valence-corrected chi connectivity index (χ3v) is 7.11. The Morgan fingerprint density at radius 1 is 0.875 bits per heavy atom. The topological polar surface area (TPSA) is 89.4 Å². The number of aromatic nitrogens is 2. The van der Waals surface area contributed by atoms with Gasteiger partial charge in [0, 0.05) is 6.07 Å². The molecule has 3 aromatic carbocycles. The average molecular weight is 531 g/mol. The quantitative estimate of drug-likeness (QED) is 0.276. The zero-order valence-electron chi connectivity index (χ0n) is 22.2. The predicted octanol–water partition coefficient (Wildman–Crippen LogP) is 6.59. The largest absolute Gasteiger partial charge is 0.497 e. The lowest BCUT2D eigenvalue weighted by molar-refractivity contribution is 0.395. The van der Waals surface area contributed by atoms with Gasteiger partial charge in [-0.05, 0) is 55.5 Å². The molecular weight excluding hydrogens is 504 g/mol. The van der Waals surface area contributed by atoms with E-state index in [9.17, 15) is 0 Å². The van der Waals surface area contributed by atoms with Crippen LogP contribution in [0.3, 0.4) is 0 Å². The lowest BCUT2D eigenvalue weighted by atomic mass is 9.98. The van der Waals surface area contributed by atoms with Crippen molar-refractivity contribution in [1.82, 2.24) is 9.78 Å². The number of benzene rings is 3. The highest BCUT2D eigenvalue weighted by atomic mass is 16.5. The molecule has 40 heavy (non-hydrogen) atoms. The zero-order chi connectivity index (χ0) is 27.2. The molecule has 198 valence electrons. The molecule has 4 heterocycles. The van der Waals surface area contributed by atoms with E-state index in [0.717, 1.165) is 45.6 Å². The summed E-state index contributed by atoms with van der Waals surface area (Å²) in [5.41, 5.74) is 5.23. The van der Waals surface area contributed by atoms with Crippen LogP contribution in [0.1, 0.15) is 23.1 Å². The molecule has 0 amide bonds. The fourth-order valence-corrected chi connectivity index (χ4v) is 5.29. The van der Waals surface area contributed by atoms with Crippen molar-refractivity contribution < 1.29 is 13.9 Å². The van der Waals surface area contributed by atoms with Gasteiger partial charge in [-0.1, -0.05) is 30.3 Å². The van der Waals surface area contributed by atoms with Crippen LogP contribution >= 0.6 is 0 Å². The number of ether oxygens (including phenoxy) is 2. The number of furan rings is 1. The van der Waals surface area contributed by atoms with E-state index in [-0.39, 0.29) is 6.04 Å². The van der Waals surface area contributed by atoms with Crippen LogP contribution in [0.15, 0.2) is 106 Å². The number of nitrogens with one attached hydrogen (secondary N) is 1. The summed E-state index contributed by atoms with van der Waals surface area (Å²) >= 11 is 0.